The maximum Gasteiger partial charge on any atom is 0.127 e. The Hall–Kier alpha value is -1.94. The predicted octanol–water partition coefficient (Wildman–Crippen LogP) is 2.96. The zero-order chi connectivity index (χ0) is 13.0. The molecule has 0 aliphatic carbocycles. The lowest BCUT2D eigenvalue weighted by Crippen LogP contribution is -2.13. The third kappa shape index (κ3) is 3.28. The number of hydrogen-bond acceptors (Lipinski definition) is 2. The quantitative estimate of drug-likeness (QED) is 0.873. The van der Waals surface area contributed by atoms with Crippen LogP contribution in [0.3, 0.4) is 0 Å². The van der Waals surface area contributed by atoms with Gasteiger partial charge in [-0.3, -0.25) is 0 Å². The van der Waals surface area contributed by atoms with Crippen molar-refractivity contribution in [3.63, 3.8) is 0 Å². The molecule has 18 heavy (non-hydrogen) atoms. The van der Waals surface area contributed by atoms with Gasteiger partial charge in [0.1, 0.15) is 17.4 Å². The summed E-state index contributed by atoms with van der Waals surface area (Å²) in [7, 11) is 0. The Kier molecular flexibility index (Phi) is 3.89. The topological polar surface area (TPSA) is 32.3 Å². The van der Waals surface area contributed by atoms with Gasteiger partial charge in [-0.05, 0) is 35.9 Å². The zero-order valence-corrected chi connectivity index (χ0v) is 9.66. The van der Waals surface area contributed by atoms with E-state index in [1.165, 1.54) is 6.07 Å². The normalized spacial score (nSPS) is 10.6. The van der Waals surface area contributed by atoms with E-state index in [0.717, 1.165) is 17.7 Å². The molecule has 2 nitrogen and oxygen atoms in total. The molecule has 0 amide bonds. The number of nitrogens with one attached hydrogen (secondary N) is 1. The fourth-order valence-electron chi connectivity index (χ4n) is 1.69. The fraction of sp³-hybridized carbons (Fsp3) is 0.143. The summed E-state index contributed by atoms with van der Waals surface area (Å²) in [6.45, 7) is 0.712. The van der Waals surface area contributed by atoms with E-state index in [1.807, 2.05) is 6.07 Å². The summed E-state index contributed by atoms with van der Waals surface area (Å²) in [4.78, 5) is 0. The molecule has 2 aromatic carbocycles. The lowest BCUT2D eigenvalue weighted by molar-refractivity contribution is 0.474. The molecule has 2 rings (SSSR count). The zero-order valence-electron chi connectivity index (χ0n) is 9.66. The second kappa shape index (κ2) is 5.60. The SMILES string of the molecule is Oc1cccc(CNCc2cc(F)ccc2F)c1. The highest BCUT2D eigenvalue weighted by Gasteiger charge is 2.03. The molecule has 0 aromatic heterocycles. The van der Waals surface area contributed by atoms with E-state index in [0.29, 0.717) is 6.54 Å². The van der Waals surface area contributed by atoms with Crippen molar-refractivity contribution in [1.82, 2.24) is 5.32 Å². The Morgan fingerprint density at radius 1 is 1.00 bits per heavy atom. The molecular formula is C14H13F2NO. The molecule has 0 aliphatic rings. The van der Waals surface area contributed by atoms with E-state index in [2.05, 4.69) is 5.32 Å². The Labute approximate surface area is 104 Å². The van der Waals surface area contributed by atoms with Crippen molar-refractivity contribution >= 4 is 0 Å². The van der Waals surface area contributed by atoms with Crippen LogP contribution in [-0.2, 0) is 13.1 Å². The summed E-state index contributed by atoms with van der Waals surface area (Å²) in [5.41, 5.74) is 1.17. The molecule has 0 heterocycles. The molecule has 4 heteroatoms. The molecule has 2 N–H and O–H groups in total. The standard InChI is InChI=1S/C14H13F2NO/c15-12-4-5-14(16)11(7-12)9-17-8-10-2-1-3-13(18)6-10/h1-7,17-18H,8-9H2. The summed E-state index contributed by atoms with van der Waals surface area (Å²) in [6.07, 6.45) is 0. The molecule has 0 saturated heterocycles. The molecule has 0 aliphatic heterocycles. The molecule has 94 valence electrons. The summed E-state index contributed by atoms with van der Waals surface area (Å²) < 4.78 is 26.2. The highest BCUT2D eigenvalue weighted by Crippen LogP contribution is 2.12. The van der Waals surface area contributed by atoms with Crippen molar-refractivity contribution < 1.29 is 13.9 Å². The number of hydrogen-bond donors (Lipinski definition) is 2. The first kappa shape index (κ1) is 12.5. The van der Waals surface area contributed by atoms with Crippen LogP contribution in [0.5, 0.6) is 5.75 Å². The summed E-state index contributed by atoms with van der Waals surface area (Å²) in [6, 6.07) is 10.1. The summed E-state index contributed by atoms with van der Waals surface area (Å²) in [5, 5.41) is 12.3. The Bertz CT molecular complexity index is 543. The molecule has 0 fully saturated rings. The van der Waals surface area contributed by atoms with Crippen LogP contribution >= 0.6 is 0 Å². The van der Waals surface area contributed by atoms with Crippen molar-refractivity contribution in [2.75, 3.05) is 0 Å². The minimum atomic E-state index is -0.453. The van der Waals surface area contributed by atoms with Crippen LogP contribution in [0.1, 0.15) is 11.1 Å². The third-order valence-electron chi connectivity index (χ3n) is 2.56. The van der Waals surface area contributed by atoms with Crippen molar-refractivity contribution in [2.45, 2.75) is 13.1 Å². The molecule has 0 spiro atoms. The van der Waals surface area contributed by atoms with E-state index < -0.39 is 11.6 Å². The summed E-state index contributed by atoms with van der Waals surface area (Å²) in [5.74, 6) is -0.698. The van der Waals surface area contributed by atoms with Crippen molar-refractivity contribution in [1.29, 1.82) is 0 Å². The van der Waals surface area contributed by atoms with Gasteiger partial charge in [0.25, 0.3) is 0 Å². The minimum absolute atomic E-state index is 0.186. The molecule has 0 radical (unpaired) electrons. The van der Waals surface area contributed by atoms with Crippen molar-refractivity contribution in [3.8, 4) is 5.75 Å². The lowest BCUT2D eigenvalue weighted by Gasteiger charge is -2.06. The number of phenols is 1. The first-order valence-electron chi connectivity index (χ1n) is 5.58. The molecule has 0 unspecified atom stereocenters. The minimum Gasteiger partial charge on any atom is -0.508 e. The number of rotatable bonds is 4. The maximum atomic E-state index is 13.3. The van der Waals surface area contributed by atoms with Crippen molar-refractivity contribution in [2.24, 2.45) is 0 Å². The van der Waals surface area contributed by atoms with Gasteiger partial charge < -0.3 is 10.4 Å². The van der Waals surface area contributed by atoms with Crippen LogP contribution in [-0.4, -0.2) is 5.11 Å². The highest BCUT2D eigenvalue weighted by atomic mass is 19.1. The molecule has 0 bridgehead atoms. The van der Waals surface area contributed by atoms with Gasteiger partial charge >= 0.3 is 0 Å². The fourth-order valence-corrected chi connectivity index (χ4v) is 1.69. The number of halogens is 2. The average molecular weight is 249 g/mol. The number of benzene rings is 2. The van der Waals surface area contributed by atoms with E-state index in [4.69, 9.17) is 0 Å². The highest BCUT2D eigenvalue weighted by molar-refractivity contribution is 5.27. The van der Waals surface area contributed by atoms with Crippen LogP contribution < -0.4 is 5.32 Å². The largest absolute Gasteiger partial charge is 0.508 e. The van der Waals surface area contributed by atoms with Gasteiger partial charge in [-0.2, -0.15) is 0 Å². The van der Waals surface area contributed by atoms with Crippen LogP contribution in [0.25, 0.3) is 0 Å². The molecule has 0 saturated carbocycles. The van der Waals surface area contributed by atoms with Gasteiger partial charge in [0.2, 0.25) is 0 Å². The first-order chi connectivity index (χ1) is 8.65. The second-order valence-corrected chi connectivity index (χ2v) is 4.01. The monoisotopic (exact) mass is 249 g/mol. The Morgan fingerprint density at radius 3 is 2.61 bits per heavy atom. The van der Waals surface area contributed by atoms with Gasteiger partial charge in [0.05, 0.1) is 0 Å². The van der Waals surface area contributed by atoms with Gasteiger partial charge in [-0.15, -0.1) is 0 Å². The maximum absolute atomic E-state index is 13.3. The lowest BCUT2D eigenvalue weighted by atomic mass is 10.2. The van der Waals surface area contributed by atoms with Crippen molar-refractivity contribution in [3.05, 3.63) is 65.2 Å². The summed E-state index contributed by atoms with van der Waals surface area (Å²) >= 11 is 0. The van der Waals surface area contributed by atoms with E-state index in [1.54, 1.807) is 18.2 Å². The smallest absolute Gasteiger partial charge is 0.127 e. The number of aromatic hydroxyl groups is 1. The van der Waals surface area contributed by atoms with Crippen LogP contribution in [0.2, 0.25) is 0 Å². The third-order valence-corrected chi connectivity index (χ3v) is 2.56. The van der Waals surface area contributed by atoms with Gasteiger partial charge in [0.15, 0.2) is 0 Å². The molecule has 2 aromatic rings. The van der Waals surface area contributed by atoms with Gasteiger partial charge in [-0.1, -0.05) is 12.1 Å². The van der Waals surface area contributed by atoms with E-state index >= 15 is 0 Å². The van der Waals surface area contributed by atoms with Gasteiger partial charge in [0, 0.05) is 18.7 Å². The van der Waals surface area contributed by atoms with Crippen LogP contribution in [0, 0.1) is 11.6 Å². The van der Waals surface area contributed by atoms with E-state index in [-0.39, 0.29) is 17.9 Å². The average Bonchev–Trinajstić information content (AvgIpc) is 2.34. The van der Waals surface area contributed by atoms with Crippen LogP contribution in [0.15, 0.2) is 42.5 Å². The van der Waals surface area contributed by atoms with Gasteiger partial charge in [-0.25, -0.2) is 8.78 Å². The molecular weight excluding hydrogens is 236 g/mol. The van der Waals surface area contributed by atoms with E-state index in [9.17, 15) is 13.9 Å². The number of phenolic OH excluding ortho intramolecular Hbond substituents is 1. The predicted molar refractivity (Wildman–Crippen MR) is 65.0 cm³/mol. The van der Waals surface area contributed by atoms with Crippen LogP contribution in [0.4, 0.5) is 8.78 Å². The first-order valence-corrected chi connectivity index (χ1v) is 5.58. The Morgan fingerprint density at radius 2 is 1.83 bits per heavy atom. The Balaban J connectivity index is 1.94. The second-order valence-electron chi connectivity index (χ2n) is 4.01. The molecule has 0 atom stereocenters.